The van der Waals surface area contributed by atoms with Gasteiger partial charge in [-0.1, -0.05) is 0 Å². The molecule has 0 aromatic carbocycles. The lowest BCUT2D eigenvalue weighted by atomic mass is 10.1. The van der Waals surface area contributed by atoms with Crippen molar-refractivity contribution in [3.63, 3.8) is 0 Å². The number of amides is 2. The maximum atomic E-state index is 12.5. The van der Waals surface area contributed by atoms with Crippen molar-refractivity contribution in [1.29, 1.82) is 5.41 Å². The molecule has 2 heterocycles. The highest BCUT2D eigenvalue weighted by Gasteiger charge is 2.09. The Balaban J connectivity index is 2.28. The van der Waals surface area contributed by atoms with Crippen LogP contribution in [0.3, 0.4) is 0 Å². The number of carbonyl (C=O) groups is 2. The first-order valence-corrected chi connectivity index (χ1v) is 7.72. The Morgan fingerprint density at radius 1 is 1.35 bits per heavy atom. The third-order valence-electron chi connectivity index (χ3n) is 3.45. The SMILES string of the molecule is CC(=O)Nc1cc(-c2ccc(=N)n(C(=O)NC/C(=C/F)CN)c2)ccn1. The maximum Gasteiger partial charge on any atom is 0.327 e. The number of hydrogen-bond acceptors (Lipinski definition) is 5. The summed E-state index contributed by atoms with van der Waals surface area (Å²) in [7, 11) is 0. The number of pyridine rings is 2. The van der Waals surface area contributed by atoms with Gasteiger partial charge < -0.3 is 16.4 Å². The number of nitrogens with zero attached hydrogens (tertiary/aromatic N) is 2. The molecular weight excluding hydrogens is 339 g/mol. The summed E-state index contributed by atoms with van der Waals surface area (Å²) in [5.41, 5.74) is 6.89. The lowest BCUT2D eigenvalue weighted by Crippen LogP contribution is -2.37. The zero-order valence-electron chi connectivity index (χ0n) is 14.1. The van der Waals surface area contributed by atoms with E-state index < -0.39 is 6.03 Å². The molecule has 5 N–H and O–H groups in total. The number of nitrogens with one attached hydrogen (secondary N) is 3. The minimum Gasteiger partial charge on any atom is -0.333 e. The molecule has 2 aromatic heterocycles. The Hall–Kier alpha value is -3.33. The van der Waals surface area contributed by atoms with Crippen LogP contribution in [0.4, 0.5) is 15.0 Å². The van der Waals surface area contributed by atoms with Gasteiger partial charge >= 0.3 is 6.03 Å². The van der Waals surface area contributed by atoms with Gasteiger partial charge in [-0.2, -0.15) is 0 Å². The number of carbonyl (C=O) groups excluding carboxylic acids is 2. The largest absolute Gasteiger partial charge is 0.333 e. The molecule has 0 saturated heterocycles. The van der Waals surface area contributed by atoms with Crippen molar-refractivity contribution in [3.05, 3.63) is 54.0 Å². The first kappa shape index (κ1) is 19.0. The van der Waals surface area contributed by atoms with Crippen LogP contribution in [0.15, 0.2) is 48.6 Å². The number of rotatable bonds is 5. The molecule has 0 aliphatic heterocycles. The summed E-state index contributed by atoms with van der Waals surface area (Å²) in [6.45, 7) is 1.31. The molecule has 2 aromatic rings. The van der Waals surface area contributed by atoms with E-state index in [2.05, 4.69) is 15.6 Å². The van der Waals surface area contributed by atoms with Crippen LogP contribution >= 0.6 is 0 Å². The van der Waals surface area contributed by atoms with Crippen molar-refractivity contribution in [2.24, 2.45) is 5.73 Å². The summed E-state index contributed by atoms with van der Waals surface area (Å²) in [6.07, 6.45) is 3.36. The normalized spacial score (nSPS) is 11.1. The average Bonchev–Trinajstić information content (AvgIpc) is 2.62. The van der Waals surface area contributed by atoms with Crippen molar-refractivity contribution in [3.8, 4) is 11.1 Å². The van der Waals surface area contributed by atoms with Crippen LogP contribution in [-0.2, 0) is 4.79 Å². The Bertz CT molecular complexity index is 906. The first-order chi connectivity index (χ1) is 12.4. The van der Waals surface area contributed by atoms with E-state index in [0.29, 0.717) is 23.3 Å². The zero-order valence-corrected chi connectivity index (χ0v) is 14.1. The minimum atomic E-state index is -0.583. The number of hydrogen-bond donors (Lipinski definition) is 4. The molecule has 2 rings (SSSR count). The number of aromatic nitrogens is 2. The molecule has 2 amide bonds. The molecule has 8 nitrogen and oxygen atoms in total. The van der Waals surface area contributed by atoms with Crippen molar-refractivity contribution in [1.82, 2.24) is 14.9 Å². The van der Waals surface area contributed by atoms with Gasteiger partial charge in [0.15, 0.2) is 0 Å². The van der Waals surface area contributed by atoms with Crippen molar-refractivity contribution < 1.29 is 14.0 Å². The molecule has 0 radical (unpaired) electrons. The third-order valence-corrected chi connectivity index (χ3v) is 3.45. The maximum absolute atomic E-state index is 12.5. The summed E-state index contributed by atoms with van der Waals surface area (Å²) in [6, 6.07) is 5.92. The van der Waals surface area contributed by atoms with Gasteiger partial charge in [0.1, 0.15) is 11.3 Å². The van der Waals surface area contributed by atoms with Crippen LogP contribution < -0.4 is 21.9 Å². The Labute approximate surface area is 149 Å². The van der Waals surface area contributed by atoms with Crippen molar-refractivity contribution in [2.45, 2.75) is 6.92 Å². The van der Waals surface area contributed by atoms with Crippen molar-refractivity contribution in [2.75, 3.05) is 18.4 Å². The van der Waals surface area contributed by atoms with Gasteiger partial charge in [0.05, 0.1) is 6.33 Å². The molecule has 0 bridgehead atoms. The van der Waals surface area contributed by atoms with E-state index in [9.17, 15) is 14.0 Å². The molecule has 0 aliphatic carbocycles. The molecule has 0 spiro atoms. The van der Waals surface area contributed by atoms with E-state index in [1.165, 1.54) is 25.4 Å². The molecule has 26 heavy (non-hydrogen) atoms. The van der Waals surface area contributed by atoms with Gasteiger partial charge in [-0.3, -0.25) is 14.8 Å². The fraction of sp³-hybridized carbons (Fsp3) is 0.176. The highest BCUT2D eigenvalue weighted by molar-refractivity contribution is 5.88. The molecule has 0 fully saturated rings. The van der Waals surface area contributed by atoms with Gasteiger partial charge in [-0.15, -0.1) is 0 Å². The Kier molecular flexibility index (Phi) is 6.34. The van der Waals surface area contributed by atoms with Gasteiger partial charge in [-0.05, 0) is 41.0 Å². The summed E-state index contributed by atoms with van der Waals surface area (Å²) < 4.78 is 13.6. The number of anilines is 1. The van der Waals surface area contributed by atoms with Crippen LogP contribution in [0.5, 0.6) is 0 Å². The Morgan fingerprint density at radius 2 is 2.12 bits per heavy atom. The molecule has 136 valence electrons. The lowest BCUT2D eigenvalue weighted by molar-refractivity contribution is -0.114. The van der Waals surface area contributed by atoms with E-state index in [-0.39, 0.29) is 30.1 Å². The molecule has 0 unspecified atom stereocenters. The summed E-state index contributed by atoms with van der Waals surface area (Å²) in [5.74, 6) is 0.129. The second-order valence-corrected chi connectivity index (χ2v) is 5.41. The average molecular weight is 358 g/mol. The smallest absolute Gasteiger partial charge is 0.327 e. The number of halogens is 1. The predicted molar refractivity (Wildman–Crippen MR) is 94.9 cm³/mol. The quantitative estimate of drug-likeness (QED) is 0.644. The summed E-state index contributed by atoms with van der Waals surface area (Å²) in [4.78, 5) is 27.5. The topological polar surface area (TPSA) is 126 Å². The first-order valence-electron chi connectivity index (χ1n) is 7.72. The van der Waals surface area contributed by atoms with Crippen molar-refractivity contribution >= 4 is 17.8 Å². The van der Waals surface area contributed by atoms with Gasteiger partial charge in [0.2, 0.25) is 5.91 Å². The fourth-order valence-electron chi connectivity index (χ4n) is 2.13. The van der Waals surface area contributed by atoms with Gasteiger partial charge in [0, 0.05) is 32.4 Å². The van der Waals surface area contributed by atoms with Crippen LogP contribution in [0.2, 0.25) is 0 Å². The van der Waals surface area contributed by atoms with E-state index in [1.54, 1.807) is 18.2 Å². The molecule has 0 aliphatic rings. The molecule has 0 saturated carbocycles. The minimum absolute atomic E-state index is 0.0157. The van der Waals surface area contributed by atoms with E-state index in [4.69, 9.17) is 11.1 Å². The van der Waals surface area contributed by atoms with Crippen LogP contribution in [0.1, 0.15) is 6.92 Å². The second kappa shape index (κ2) is 8.67. The fourth-order valence-corrected chi connectivity index (χ4v) is 2.13. The van der Waals surface area contributed by atoms with E-state index in [0.717, 1.165) is 4.57 Å². The van der Waals surface area contributed by atoms with Crippen LogP contribution in [0.25, 0.3) is 11.1 Å². The van der Waals surface area contributed by atoms with Gasteiger partial charge in [0.25, 0.3) is 0 Å². The second-order valence-electron chi connectivity index (χ2n) is 5.41. The molecular formula is C17H19FN6O2. The monoisotopic (exact) mass is 358 g/mol. The number of nitrogens with two attached hydrogens (primary N) is 1. The van der Waals surface area contributed by atoms with E-state index in [1.807, 2.05) is 0 Å². The van der Waals surface area contributed by atoms with E-state index >= 15 is 0 Å². The molecule has 0 atom stereocenters. The standard InChI is InChI=1S/C17H19FN6O2/c1-11(25)23-16-6-13(4-5-21-16)14-2-3-15(20)24(10-14)17(26)22-9-12(7-18)8-19/h2-7,10,20H,8-9,19H2,1H3,(H,22,26)(H,21,23,25)/b12-7+,20-15?. The summed E-state index contributed by atoms with van der Waals surface area (Å²) >= 11 is 0. The third kappa shape index (κ3) is 4.84. The van der Waals surface area contributed by atoms with Gasteiger partial charge in [-0.25, -0.2) is 14.2 Å². The lowest BCUT2D eigenvalue weighted by Gasteiger charge is -2.11. The molecule has 9 heteroatoms. The summed E-state index contributed by atoms with van der Waals surface area (Å²) in [5, 5.41) is 13.0. The highest BCUT2D eigenvalue weighted by Crippen LogP contribution is 2.20. The Morgan fingerprint density at radius 3 is 2.77 bits per heavy atom. The zero-order chi connectivity index (χ0) is 19.1. The van der Waals surface area contributed by atoms with Crippen LogP contribution in [-0.4, -0.2) is 34.6 Å². The predicted octanol–water partition coefficient (Wildman–Crippen LogP) is 1.36. The highest BCUT2D eigenvalue weighted by atomic mass is 19.1. The van der Waals surface area contributed by atoms with Crippen LogP contribution in [0, 0.1) is 5.41 Å².